The van der Waals surface area contributed by atoms with E-state index >= 15 is 0 Å². The highest BCUT2D eigenvalue weighted by Gasteiger charge is 2.08. The van der Waals surface area contributed by atoms with Crippen LogP contribution in [0.15, 0.2) is 18.2 Å². The summed E-state index contributed by atoms with van der Waals surface area (Å²) < 4.78 is 0. The van der Waals surface area contributed by atoms with Crippen LogP contribution in [-0.2, 0) is 11.3 Å². The summed E-state index contributed by atoms with van der Waals surface area (Å²) in [6.07, 6.45) is 0.698. The highest BCUT2D eigenvalue weighted by Crippen LogP contribution is 2.21. The summed E-state index contributed by atoms with van der Waals surface area (Å²) in [5.74, 6) is -0.364. The molecule has 1 rings (SSSR count). The fourth-order valence-electron chi connectivity index (χ4n) is 1.19. The SMILES string of the molecule is CCOOc1ccc(C(=O)O)cc1CC. The number of carboxylic acids is 1. The molecule has 0 spiro atoms. The average Bonchev–Trinajstić information content (AvgIpc) is 2.25. The Morgan fingerprint density at radius 3 is 2.67 bits per heavy atom. The standard InChI is InChI=1S/C11H14O4/c1-3-8-7-9(11(12)13)5-6-10(8)15-14-4-2/h5-7H,3-4H2,1-2H3,(H,12,13). The van der Waals surface area contributed by atoms with Gasteiger partial charge in [0.25, 0.3) is 0 Å². The molecule has 0 radical (unpaired) electrons. The number of benzene rings is 1. The van der Waals surface area contributed by atoms with Crippen LogP contribution in [0.1, 0.15) is 29.8 Å². The van der Waals surface area contributed by atoms with Gasteiger partial charge in [-0.05, 0) is 37.1 Å². The minimum absolute atomic E-state index is 0.260. The summed E-state index contributed by atoms with van der Waals surface area (Å²) in [6, 6.07) is 4.70. The van der Waals surface area contributed by atoms with Crippen LogP contribution in [0.25, 0.3) is 0 Å². The van der Waals surface area contributed by atoms with Crippen molar-refractivity contribution >= 4 is 5.97 Å². The van der Waals surface area contributed by atoms with E-state index in [0.29, 0.717) is 18.8 Å². The molecule has 0 unspecified atom stereocenters. The molecule has 4 nitrogen and oxygen atoms in total. The normalized spacial score (nSPS) is 10.0. The van der Waals surface area contributed by atoms with Crippen molar-refractivity contribution in [1.82, 2.24) is 0 Å². The smallest absolute Gasteiger partial charge is 0.335 e. The molecule has 1 aromatic carbocycles. The second-order valence-electron chi connectivity index (χ2n) is 2.97. The van der Waals surface area contributed by atoms with Crippen LogP contribution in [0.5, 0.6) is 5.75 Å². The fraction of sp³-hybridized carbons (Fsp3) is 0.364. The maximum atomic E-state index is 10.7. The number of hydrogen-bond donors (Lipinski definition) is 1. The van der Waals surface area contributed by atoms with Crippen LogP contribution >= 0.6 is 0 Å². The van der Waals surface area contributed by atoms with Crippen LogP contribution in [0, 0.1) is 0 Å². The maximum Gasteiger partial charge on any atom is 0.335 e. The Hall–Kier alpha value is -1.55. The Kier molecular flexibility index (Phi) is 4.12. The van der Waals surface area contributed by atoms with E-state index in [4.69, 9.17) is 14.9 Å². The highest BCUT2D eigenvalue weighted by atomic mass is 17.2. The highest BCUT2D eigenvalue weighted by molar-refractivity contribution is 5.88. The van der Waals surface area contributed by atoms with Gasteiger partial charge < -0.3 is 9.99 Å². The van der Waals surface area contributed by atoms with Gasteiger partial charge in [0, 0.05) is 0 Å². The van der Waals surface area contributed by atoms with Crippen LogP contribution in [0.4, 0.5) is 0 Å². The first kappa shape index (κ1) is 11.5. The third-order valence-electron chi connectivity index (χ3n) is 1.95. The summed E-state index contributed by atoms with van der Waals surface area (Å²) in [4.78, 5) is 20.6. The van der Waals surface area contributed by atoms with Crippen molar-refractivity contribution in [1.29, 1.82) is 0 Å². The predicted octanol–water partition coefficient (Wildman–Crippen LogP) is 2.28. The van der Waals surface area contributed by atoms with Gasteiger partial charge in [0.05, 0.1) is 12.2 Å². The number of carboxylic acid groups (broad SMARTS) is 1. The molecule has 0 fully saturated rings. The van der Waals surface area contributed by atoms with E-state index in [-0.39, 0.29) is 5.56 Å². The summed E-state index contributed by atoms with van der Waals surface area (Å²) in [5, 5.41) is 8.80. The molecule has 0 aliphatic heterocycles. The minimum atomic E-state index is -0.937. The molecular formula is C11H14O4. The van der Waals surface area contributed by atoms with E-state index in [2.05, 4.69) is 0 Å². The maximum absolute atomic E-state index is 10.7. The number of rotatable bonds is 5. The van der Waals surface area contributed by atoms with Gasteiger partial charge >= 0.3 is 5.97 Å². The zero-order valence-electron chi connectivity index (χ0n) is 8.82. The van der Waals surface area contributed by atoms with Crippen molar-refractivity contribution in [2.24, 2.45) is 0 Å². The van der Waals surface area contributed by atoms with Gasteiger partial charge in [-0.15, -0.1) is 0 Å². The van der Waals surface area contributed by atoms with Crippen molar-refractivity contribution in [3.05, 3.63) is 29.3 Å². The molecule has 0 heterocycles. The van der Waals surface area contributed by atoms with Crippen molar-refractivity contribution in [3.8, 4) is 5.75 Å². The minimum Gasteiger partial charge on any atom is -0.478 e. The average molecular weight is 210 g/mol. The summed E-state index contributed by atoms with van der Waals surface area (Å²) in [6.45, 7) is 4.20. The van der Waals surface area contributed by atoms with Crippen LogP contribution in [0.3, 0.4) is 0 Å². The van der Waals surface area contributed by atoms with Crippen LogP contribution < -0.4 is 4.89 Å². The molecule has 1 aromatic rings. The van der Waals surface area contributed by atoms with Gasteiger partial charge in [-0.25, -0.2) is 4.79 Å². The molecule has 0 saturated carbocycles. The monoisotopic (exact) mass is 210 g/mol. The van der Waals surface area contributed by atoms with E-state index < -0.39 is 5.97 Å². The summed E-state index contributed by atoms with van der Waals surface area (Å²) in [5.41, 5.74) is 1.08. The van der Waals surface area contributed by atoms with Crippen molar-refractivity contribution in [3.63, 3.8) is 0 Å². The molecule has 0 amide bonds. The fourth-order valence-corrected chi connectivity index (χ4v) is 1.19. The largest absolute Gasteiger partial charge is 0.478 e. The third-order valence-corrected chi connectivity index (χ3v) is 1.95. The first-order valence-electron chi connectivity index (χ1n) is 4.84. The zero-order valence-corrected chi connectivity index (χ0v) is 8.82. The van der Waals surface area contributed by atoms with E-state index in [9.17, 15) is 4.79 Å². The molecule has 82 valence electrons. The second kappa shape index (κ2) is 5.36. The van der Waals surface area contributed by atoms with Gasteiger partial charge in [0.1, 0.15) is 0 Å². The third kappa shape index (κ3) is 2.95. The van der Waals surface area contributed by atoms with Gasteiger partial charge in [-0.2, -0.15) is 4.89 Å². The molecule has 0 aliphatic rings. The van der Waals surface area contributed by atoms with Gasteiger partial charge in [-0.1, -0.05) is 6.92 Å². The zero-order chi connectivity index (χ0) is 11.3. The quantitative estimate of drug-likeness (QED) is 0.598. The number of aromatic carboxylic acids is 1. The Labute approximate surface area is 88.4 Å². The van der Waals surface area contributed by atoms with Crippen LogP contribution in [-0.4, -0.2) is 17.7 Å². The Morgan fingerprint density at radius 1 is 1.40 bits per heavy atom. The lowest BCUT2D eigenvalue weighted by Gasteiger charge is -2.08. The topological polar surface area (TPSA) is 55.8 Å². The van der Waals surface area contributed by atoms with E-state index in [1.54, 1.807) is 12.1 Å². The van der Waals surface area contributed by atoms with Gasteiger partial charge in [0.2, 0.25) is 0 Å². The van der Waals surface area contributed by atoms with E-state index in [1.807, 2.05) is 13.8 Å². The molecule has 1 N–H and O–H groups in total. The molecule has 0 aromatic heterocycles. The molecular weight excluding hydrogens is 196 g/mol. The number of hydrogen-bond acceptors (Lipinski definition) is 3. The molecule has 0 aliphatic carbocycles. The Balaban J connectivity index is 2.93. The Bertz CT molecular complexity index is 346. The van der Waals surface area contributed by atoms with Crippen LogP contribution in [0.2, 0.25) is 0 Å². The lowest BCUT2D eigenvalue weighted by atomic mass is 10.1. The van der Waals surface area contributed by atoms with E-state index in [1.165, 1.54) is 6.07 Å². The summed E-state index contributed by atoms with van der Waals surface area (Å²) in [7, 11) is 0. The number of aryl methyl sites for hydroxylation is 1. The second-order valence-corrected chi connectivity index (χ2v) is 2.97. The van der Waals surface area contributed by atoms with Gasteiger partial charge in [0.15, 0.2) is 5.75 Å². The molecule has 0 atom stereocenters. The molecule has 0 saturated heterocycles. The van der Waals surface area contributed by atoms with E-state index in [0.717, 1.165) is 5.56 Å². The summed E-state index contributed by atoms with van der Waals surface area (Å²) >= 11 is 0. The van der Waals surface area contributed by atoms with Crippen molar-refractivity contribution in [2.75, 3.05) is 6.61 Å². The first-order valence-corrected chi connectivity index (χ1v) is 4.84. The molecule has 4 heteroatoms. The van der Waals surface area contributed by atoms with Gasteiger partial charge in [-0.3, -0.25) is 0 Å². The Morgan fingerprint density at radius 2 is 2.13 bits per heavy atom. The molecule has 15 heavy (non-hydrogen) atoms. The predicted molar refractivity (Wildman–Crippen MR) is 55.0 cm³/mol. The lowest BCUT2D eigenvalue weighted by molar-refractivity contribution is -0.202. The number of carbonyl (C=O) groups is 1. The van der Waals surface area contributed by atoms with Crippen molar-refractivity contribution < 1.29 is 19.7 Å². The molecule has 0 bridgehead atoms. The lowest BCUT2D eigenvalue weighted by Crippen LogP contribution is -2.02. The van der Waals surface area contributed by atoms with Crippen molar-refractivity contribution in [2.45, 2.75) is 20.3 Å². The first-order chi connectivity index (χ1) is 7.19.